The average Bonchev–Trinajstić information content (AvgIpc) is 2.82. The summed E-state index contributed by atoms with van der Waals surface area (Å²) in [7, 11) is 0. The van der Waals surface area contributed by atoms with E-state index >= 15 is 0 Å². The molecule has 144 valence electrons. The Hall–Kier alpha value is -2.94. The summed E-state index contributed by atoms with van der Waals surface area (Å²) in [6, 6.07) is 41.0. The van der Waals surface area contributed by atoms with Gasteiger partial charge in [0.1, 0.15) is 0 Å². The standard InChI is InChI=1S/C28H20S2/c1-2-10-23(11-3-1)28(30-27-17-15-22-9-5-7-13-25(22)19-27)20-29-26-16-14-21-8-4-6-12-24(21)18-26/h1-20H/b28-20-. The third-order valence-corrected chi connectivity index (χ3v) is 7.12. The Morgan fingerprint density at radius 1 is 0.500 bits per heavy atom. The molecule has 0 radical (unpaired) electrons. The van der Waals surface area contributed by atoms with E-state index in [0.717, 1.165) is 0 Å². The fraction of sp³-hybridized carbons (Fsp3) is 0. The zero-order valence-corrected chi connectivity index (χ0v) is 18.0. The Bertz CT molecular complexity index is 1340. The summed E-state index contributed by atoms with van der Waals surface area (Å²) in [5, 5.41) is 7.38. The Morgan fingerprint density at radius 3 is 1.70 bits per heavy atom. The predicted molar refractivity (Wildman–Crippen MR) is 134 cm³/mol. The van der Waals surface area contributed by atoms with Gasteiger partial charge in [0.25, 0.3) is 0 Å². The van der Waals surface area contributed by atoms with E-state index in [2.05, 4.69) is 121 Å². The van der Waals surface area contributed by atoms with Gasteiger partial charge < -0.3 is 0 Å². The summed E-state index contributed by atoms with van der Waals surface area (Å²) < 4.78 is 0. The minimum absolute atomic E-state index is 1.24. The smallest absolute Gasteiger partial charge is 0.0261 e. The second-order valence-electron chi connectivity index (χ2n) is 7.09. The van der Waals surface area contributed by atoms with E-state index < -0.39 is 0 Å². The van der Waals surface area contributed by atoms with Crippen LogP contribution in [0.5, 0.6) is 0 Å². The van der Waals surface area contributed by atoms with Crippen LogP contribution in [0.2, 0.25) is 0 Å². The summed E-state index contributed by atoms with van der Waals surface area (Å²) >= 11 is 3.60. The maximum atomic E-state index is 2.28. The molecular weight excluding hydrogens is 400 g/mol. The van der Waals surface area contributed by atoms with Gasteiger partial charge in [-0.25, -0.2) is 0 Å². The van der Waals surface area contributed by atoms with Gasteiger partial charge in [-0.05, 0) is 56.8 Å². The van der Waals surface area contributed by atoms with Crippen LogP contribution < -0.4 is 0 Å². The van der Waals surface area contributed by atoms with E-state index in [1.54, 1.807) is 11.8 Å². The molecule has 0 atom stereocenters. The SMILES string of the molecule is C(/Sc1ccc2ccccc2c1)=C(/Sc1ccc2ccccc2c1)c1ccccc1. The van der Waals surface area contributed by atoms with Crippen molar-refractivity contribution < 1.29 is 0 Å². The lowest BCUT2D eigenvalue weighted by atomic mass is 10.1. The zero-order chi connectivity index (χ0) is 20.2. The Labute approximate surface area is 185 Å². The summed E-state index contributed by atoms with van der Waals surface area (Å²) in [4.78, 5) is 3.76. The maximum Gasteiger partial charge on any atom is 0.0261 e. The van der Waals surface area contributed by atoms with Crippen molar-refractivity contribution in [1.29, 1.82) is 0 Å². The van der Waals surface area contributed by atoms with Crippen LogP contribution in [0.3, 0.4) is 0 Å². The molecule has 5 rings (SSSR count). The number of benzene rings is 5. The number of fused-ring (bicyclic) bond motifs is 2. The highest BCUT2D eigenvalue weighted by molar-refractivity contribution is 8.10. The first kappa shape index (κ1) is 19.0. The average molecular weight is 421 g/mol. The zero-order valence-electron chi connectivity index (χ0n) is 16.4. The fourth-order valence-electron chi connectivity index (χ4n) is 3.47. The van der Waals surface area contributed by atoms with Crippen LogP contribution in [-0.4, -0.2) is 0 Å². The number of thioether (sulfide) groups is 2. The molecule has 0 nitrogen and oxygen atoms in total. The molecule has 2 heteroatoms. The van der Waals surface area contributed by atoms with Gasteiger partial charge in [0.2, 0.25) is 0 Å². The molecule has 0 aliphatic heterocycles. The second kappa shape index (κ2) is 8.83. The van der Waals surface area contributed by atoms with Crippen molar-refractivity contribution in [3.8, 4) is 0 Å². The lowest BCUT2D eigenvalue weighted by Crippen LogP contribution is -1.81. The molecule has 5 aromatic carbocycles. The molecule has 0 amide bonds. The first-order valence-electron chi connectivity index (χ1n) is 9.93. The van der Waals surface area contributed by atoms with Gasteiger partial charge in [-0.1, -0.05) is 115 Å². The van der Waals surface area contributed by atoms with E-state index in [9.17, 15) is 0 Å². The lowest BCUT2D eigenvalue weighted by molar-refractivity contribution is 1.51. The normalized spacial score (nSPS) is 11.8. The van der Waals surface area contributed by atoms with Crippen LogP contribution in [0.4, 0.5) is 0 Å². The van der Waals surface area contributed by atoms with Crippen LogP contribution in [0, 0.1) is 0 Å². The molecule has 0 spiro atoms. The highest BCUT2D eigenvalue weighted by atomic mass is 32.2. The highest BCUT2D eigenvalue weighted by Crippen LogP contribution is 2.38. The van der Waals surface area contributed by atoms with E-state index in [0.29, 0.717) is 0 Å². The Morgan fingerprint density at radius 2 is 1.03 bits per heavy atom. The highest BCUT2D eigenvalue weighted by Gasteiger charge is 2.06. The first-order chi connectivity index (χ1) is 14.8. The molecule has 0 saturated carbocycles. The van der Waals surface area contributed by atoms with Crippen molar-refractivity contribution in [2.45, 2.75) is 9.79 Å². The third-order valence-electron chi connectivity index (χ3n) is 5.03. The minimum atomic E-state index is 1.24. The second-order valence-corrected chi connectivity index (χ2v) is 9.14. The molecule has 0 aromatic heterocycles. The summed E-state index contributed by atoms with van der Waals surface area (Å²) in [6.07, 6.45) is 0. The van der Waals surface area contributed by atoms with Crippen molar-refractivity contribution in [1.82, 2.24) is 0 Å². The van der Waals surface area contributed by atoms with Gasteiger partial charge in [0.05, 0.1) is 0 Å². The fourth-order valence-corrected chi connectivity index (χ4v) is 5.36. The molecule has 0 aliphatic rings. The molecule has 0 aliphatic carbocycles. The van der Waals surface area contributed by atoms with Crippen molar-refractivity contribution >= 4 is 50.0 Å². The molecule has 0 unspecified atom stereocenters. The number of hydrogen-bond donors (Lipinski definition) is 0. The monoisotopic (exact) mass is 420 g/mol. The van der Waals surface area contributed by atoms with E-state index in [-0.39, 0.29) is 0 Å². The lowest BCUT2D eigenvalue weighted by Gasteiger charge is -2.09. The molecule has 0 fully saturated rings. The van der Waals surface area contributed by atoms with Gasteiger partial charge in [-0.2, -0.15) is 0 Å². The van der Waals surface area contributed by atoms with Gasteiger partial charge in [-0.3, -0.25) is 0 Å². The quantitative estimate of drug-likeness (QED) is 0.260. The molecule has 0 bridgehead atoms. The predicted octanol–water partition coefficient (Wildman–Crippen LogP) is 8.88. The topological polar surface area (TPSA) is 0 Å². The van der Waals surface area contributed by atoms with Gasteiger partial charge in [0.15, 0.2) is 0 Å². The van der Waals surface area contributed by atoms with E-state index in [4.69, 9.17) is 0 Å². The van der Waals surface area contributed by atoms with Crippen molar-refractivity contribution in [2.24, 2.45) is 0 Å². The van der Waals surface area contributed by atoms with Crippen LogP contribution in [0.25, 0.3) is 26.5 Å². The van der Waals surface area contributed by atoms with Gasteiger partial charge in [-0.15, -0.1) is 0 Å². The first-order valence-corrected chi connectivity index (χ1v) is 11.6. The molecule has 30 heavy (non-hydrogen) atoms. The van der Waals surface area contributed by atoms with Crippen LogP contribution in [0.15, 0.2) is 130 Å². The van der Waals surface area contributed by atoms with E-state index in [1.807, 2.05) is 11.8 Å². The molecule has 0 saturated heterocycles. The number of hydrogen-bond acceptors (Lipinski definition) is 2. The van der Waals surface area contributed by atoms with Crippen molar-refractivity contribution in [3.63, 3.8) is 0 Å². The summed E-state index contributed by atoms with van der Waals surface area (Å²) in [5.41, 5.74) is 1.24. The molecule has 0 heterocycles. The Kier molecular flexibility index (Phi) is 5.60. The molecular formula is C28H20S2. The third kappa shape index (κ3) is 4.30. The number of rotatable bonds is 5. The Balaban J connectivity index is 1.47. The minimum Gasteiger partial charge on any atom is -0.0969 e. The molecule has 5 aromatic rings. The van der Waals surface area contributed by atoms with Gasteiger partial charge in [0, 0.05) is 14.7 Å². The maximum absolute atomic E-state index is 2.28. The van der Waals surface area contributed by atoms with Crippen LogP contribution in [0.1, 0.15) is 5.56 Å². The van der Waals surface area contributed by atoms with Crippen LogP contribution >= 0.6 is 23.5 Å². The van der Waals surface area contributed by atoms with E-state index in [1.165, 1.54) is 41.8 Å². The van der Waals surface area contributed by atoms with Crippen LogP contribution in [-0.2, 0) is 0 Å². The van der Waals surface area contributed by atoms with Crippen molar-refractivity contribution in [2.75, 3.05) is 0 Å². The van der Waals surface area contributed by atoms with Crippen molar-refractivity contribution in [3.05, 3.63) is 126 Å². The summed E-state index contributed by atoms with van der Waals surface area (Å²) in [5.74, 6) is 0. The summed E-state index contributed by atoms with van der Waals surface area (Å²) in [6.45, 7) is 0. The molecule has 0 N–H and O–H groups in total. The van der Waals surface area contributed by atoms with Gasteiger partial charge >= 0.3 is 0 Å². The largest absolute Gasteiger partial charge is 0.0969 e.